The van der Waals surface area contributed by atoms with Crippen molar-refractivity contribution in [1.82, 2.24) is 5.32 Å². The van der Waals surface area contributed by atoms with Crippen molar-refractivity contribution >= 4 is 0 Å². The Bertz CT molecular complexity index is 425. The normalized spacial score (nSPS) is 27.5. The predicted molar refractivity (Wildman–Crippen MR) is 75.6 cm³/mol. The second kappa shape index (κ2) is 6.02. The molecule has 2 rings (SSSR count). The van der Waals surface area contributed by atoms with Crippen molar-refractivity contribution < 1.29 is 9.50 Å². The number of nitrogens with one attached hydrogen (secondary N) is 1. The summed E-state index contributed by atoms with van der Waals surface area (Å²) in [6.45, 7) is 5.12. The Morgan fingerprint density at radius 2 is 2.05 bits per heavy atom. The van der Waals surface area contributed by atoms with Crippen molar-refractivity contribution in [2.45, 2.75) is 57.6 Å². The predicted octanol–water partition coefficient (Wildman–Crippen LogP) is 3.26. The lowest BCUT2D eigenvalue weighted by Crippen LogP contribution is -2.40. The second-order valence-electron chi connectivity index (χ2n) is 5.72. The highest BCUT2D eigenvalue weighted by Gasteiger charge is 2.35. The van der Waals surface area contributed by atoms with Crippen molar-refractivity contribution in [3.8, 4) is 0 Å². The molecule has 0 atom stereocenters. The van der Waals surface area contributed by atoms with E-state index in [2.05, 4.69) is 12.2 Å². The molecule has 1 aromatic rings. The molecule has 0 unspecified atom stereocenters. The van der Waals surface area contributed by atoms with E-state index in [4.69, 9.17) is 0 Å². The Balaban J connectivity index is 2.07. The van der Waals surface area contributed by atoms with Gasteiger partial charge in [0.25, 0.3) is 0 Å². The lowest BCUT2D eigenvalue weighted by molar-refractivity contribution is -0.00903. The fourth-order valence-corrected chi connectivity index (χ4v) is 3.01. The van der Waals surface area contributed by atoms with Crippen LogP contribution in [0.15, 0.2) is 18.2 Å². The molecule has 0 bridgehead atoms. The summed E-state index contributed by atoms with van der Waals surface area (Å²) in [6, 6.07) is 5.20. The fourth-order valence-electron chi connectivity index (χ4n) is 3.01. The maximum Gasteiger partial charge on any atom is 0.123 e. The molecule has 1 saturated carbocycles. The van der Waals surface area contributed by atoms with Crippen LogP contribution < -0.4 is 5.32 Å². The smallest absolute Gasteiger partial charge is 0.123 e. The molecule has 0 aromatic heterocycles. The molecule has 1 fully saturated rings. The quantitative estimate of drug-likeness (QED) is 0.875. The monoisotopic (exact) mass is 265 g/mol. The van der Waals surface area contributed by atoms with Crippen molar-refractivity contribution in [1.29, 1.82) is 0 Å². The maximum atomic E-state index is 13.4. The molecule has 1 aliphatic rings. The third-order valence-electron chi connectivity index (χ3n) is 4.20. The number of aliphatic hydroxyl groups is 1. The third kappa shape index (κ3) is 3.34. The van der Waals surface area contributed by atoms with Gasteiger partial charge in [-0.1, -0.05) is 13.0 Å². The highest BCUT2D eigenvalue weighted by atomic mass is 19.1. The van der Waals surface area contributed by atoms with E-state index in [9.17, 15) is 9.50 Å². The molecular weight excluding hydrogens is 241 g/mol. The number of rotatable bonds is 4. The van der Waals surface area contributed by atoms with Crippen LogP contribution in [0, 0.1) is 12.7 Å². The van der Waals surface area contributed by atoms with Gasteiger partial charge in [-0.25, -0.2) is 4.39 Å². The Kier molecular flexibility index (Phi) is 4.58. The zero-order valence-electron chi connectivity index (χ0n) is 11.9. The van der Waals surface area contributed by atoms with Crippen LogP contribution >= 0.6 is 0 Å². The molecular formula is C16H24FNO. The van der Waals surface area contributed by atoms with E-state index < -0.39 is 5.60 Å². The minimum absolute atomic E-state index is 0.264. The first-order valence-electron chi connectivity index (χ1n) is 7.27. The molecule has 1 aromatic carbocycles. The molecule has 19 heavy (non-hydrogen) atoms. The number of halogens is 1. The summed E-state index contributed by atoms with van der Waals surface area (Å²) < 4.78 is 13.4. The molecule has 2 nitrogen and oxygen atoms in total. The fraction of sp³-hybridized carbons (Fsp3) is 0.625. The van der Waals surface area contributed by atoms with Crippen LogP contribution in [-0.2, 0) is 5.60 Å². The van der Waals surface area contributed by atoms with Gasteiger partial charge in [0, 0.05) is 6.04 Å². The van der Waals surface area contributed by atoms with Crippen LogP contribution in [0.25, 0.3) is 0 Å². The minimum Gasteiger partial charge on any atom is -0.385 e. The molecule has 106 valence electrons. The van der Waals surface area contributed by atoms with Crippen LogP contribution in [0.5, 0.6) is 0 Å². The van der Waals surface area contributed by atoms with E-state index in [1.165, 1.54) is 12.1 Å². The van der Waals surface area contributed by atoms with Crippen molar-refractivity contribution in [2.24, 2.45) is 0 Å². The summed E-state index contributed by atoms with van der Waals surface area (Å²) in [7, 11) is 0. The molecule has 0 spiro atoms. The van der Waals surface area contributed by atoms with Gasteiger partial charge in [-0.2, -0.15) is 0 Å². The van der Waals surface area contributed by atoms with Gasteiger partial charge in [-0.05, 0) is 68.8 Å². The number of hydrogen-bond donors (Lipinski definition) is 2. The summed E-state index contributed by atoms with van der Waals surface area (Å²) in [6.07, 6.45) is 4.44. The topological polar surface area (TPSA) is 32.3 Å². The Labute approximate surface area is 115 Å². The lowest BCUT2D eigenvalue weighted by atomic mass is 9.76. The van der Waals surface area contributed by atoms with Crippen molar-refractivity contribution in [3.63, 3.8) is 0 Å². The maximum absolute atomic E-state index is 13.4. The molecule has 0 heterocycles. The molecule has 0 radical (unpaired) electrons. The van der Waals surface area contributed by atoms with E-state index >= 15 is 0 Å². The summed E-state index contributed by atoms with van der Waals surface area (Å²) in [5.41, 5.74) is 0.890. The van der Waals surface area contributed by atoms with E-state index in [-0.39, 0.29) is 5.82 Å². The number of aryl methyl sites for hydroxylation is 1. The van der Waals surface area contributed by atoms with Crippen LogP contribution in [0.4, 0.5) is 4.39 Å². The average molecular weight is 265 g/mol. The van der Waals surface area contributed by atoms with Gasteiger partial charge < -0.3 is 10.4 Å². The van der Waals surface area contributed by atoms with Crippen LogP contribution in [-0.4, -0.2) is 17.7 Å². The van der Waals surface area contributed by atoms with Crippen LogP contribution in [0.1, 0.15) is 50.2 Å². The summed E-state index contributed by atoms with van der Waals surface area (Å²) >= 11 is 0. The summed E-state index contributed by atoms with van der Waals surface area (Å²) in [4.78, 5) is 0. The molecule has 0 saturated heterocycles. The van der Waals surface area contributed by atoms with Gasteiger partial charge >= 0.3 is 0 Å². The number of hydrogen-bond acceptors (Lipinski definition) is 2. The lowest BCUT2D eigenvalue weighted by Gasteiger charge is -2.37. The SMILES string of the molecule is CCCNC1CCC(O)(c2cc(F)ccc2C)CC1. The zero-order chi connectivity index (χ0) is 13.9. The van der Waals surface area contributed by atoms with Crippen molar-refractivity contribution in [2.75, 3.05) is 6.54 Å². The standard InChI is InChI=1S/C16H24FNO/c1-3-10-18-14-6-8-16(19,9-7-14)15-11-13(17)5-4-12(15)2/h4-5,11,14,18-19H,3,6-10H2,1-2H3. The van der Waals surface area contributed by atoms with Gasteiger partial charge in [0.2, 0.25) is 0 Å². The molecule has 3 heteroatoms. The van der Waals surface area contributed by atoms with Gasteiger partial charge in [0.1, 0.15) is 5.82 Å². The first-order chi connectivity index (χ1) is 9.05. The number of benzene rings is 1. The molecule has 2 N–H and O–H groups in total. The Morgan fingerprint density at radius 3 is 2.68 bits per heavy atom. The first-order valence-corrected chi connectivity index (χ1v) is 7.27. The van der Waals surface area contributed by atoms with Gasteiger partial charge in [-0.15, -0.1) is 0 Å². The molecule has 0 amide bonds. The van der Waals surface area contributed by atoms with Crippen LogP contribution in [0.3, 0.4) is 0 Å². The Hall–Kier alpha value is -0.930. The third-order valence-corrected chi connectivity index (χ3v) is 4.20. The van der Waals surface area contributed by atoms with E-state index in [0.29, 0.717) is 18.9 Å². The zero-order valence-corrected chi connectivity index (χ0v) is 11.9. The molecule has 1 aliphatic carbocycles. The van der Waals surface area contributed by atoms with E-state index in [1.54, 1.807) is 6.07 Å². The largest absolute Gasteiger partial charge is 0.385 e. The second-order valence-corrected chi connectivity index (χ2v) is 5.72. The van der Waals surface area contributed by atoms with E-state index in [0.717, 1.165) is 36.9 Å². The summed E-state index contributed by atoms with van der Waals surface area (Å²) in [5, 5.41) is 14.3. The highest BCUT2D eigenvalue weighted by Crippen LogP contribution is 2.38. The summed E-state index contributed by atoms with van der Waals surface area (Å²) in [5.74, 6) is -0.264. The minimum atomic E-state index is -0.851. The first kappa shape index (κ1) is 14.5. The van der Waals surface area contributed by atoms with Gasteiger partial charge in [-0.3, -0.25) is 0 Å². The molecule has 0 aliphatic heterocycles. The Morgan fingerprint density at radius 1 is 1.37 bits per heavy atom. The van der Waals surface area contributed by atoms with Crippen molar-refractivity contribution in [3.05, 3.63) is 35.1 Å². The van der Waals surface area contributed by atoms with Crippen LogP contribution in [0.2, 0.25) is 0 Å². The van der Waals surface area contributed by atoms with Gasteiger partial charge in [0.15, 0.2) is 0 Å². The van der Waals surface area contributed by atoms with Gasteiger partial charge in [0.05, 0.1) is 5.60 Å². The highest BCUT2D eigenvalue weighted by molar-refractivity contribution is 5.32. The average Bonchev–Trinajstić information content (AvgIpc) is 2.41. The van der Waals surface area contributed by atoms with E-state index in [1.807, 2.05) is 6.92 Å².